The number of aryl methyl sites for hydroxylation is 1. The zero-order valence-electron chi connectivity index (χ0n) is 16.9. The fourth-order valence-corrected chi connectivity index (χ4v) is 3.02. The van der Waals surface area contributed by atoms with Gasteiger partial charge in [0.2, 0.25) is 0 Å². The standard InChI is InChI=1S/C20H28N4O4/c1-5-7-11-23(19(26)14-9-8-13(3)15(12-14)28-4)16-17(21)24(10-6-2)20(27)22-18(16)25/h8-9,12H,5-7,10-11,21H2,1-4H3,(H,22,25,27). The van der Waals surface area contributed by atoms with Crippen LogP contribution in [0.4, 0.5) is 11.5 Å². The van der Waals surface area contributed by atoms with Gasteiger partial charge in [-0.1, -0.05) is 26.3 Å². The molecule has 1 heterocycles. The smallest absolute Gasteiger partial charge is 0.330 e. The Labute approximate surface area is 163 Å². The molecule has 0 radical (unpaired) electrons. The molecule has 28 heavy (non-hydrogen) atoms. The molecule has 0 aliphatic heterocycles. The predicted molar refractivity (Wildman–Crippen MR) is 110 cm³/mol. The number of carbonyl (C=O) groups excluding carboxylic acids is 1. The van der Waals surface area contributed by atoms with Crippen molar-refractivity contribution in [3.8, 4) is 5.75 Å². The average molecular weight is 388 g/mol. The van der Waals surface area contributed by atoms with E-state index in [4.69, 9.17) is 10.5 Å². The number of nitrogens with two attached hydrogens (primary N) is 1. The molecule has 1 amide bonds. The quantitative estimate of drug-likeness (QED) is 0.721. The molecule has 0 bridgehead atoms. The summed E-state index contributed by atoms with van der Waals surface area (Å²) < 4.78 is 6.60. The van der Waals surface area contributed by atoms with Crippen molar-refractivity contribution in [2.45, 2.75) is 46.6 Å². The summed E-state index contributed by atoms with van der Waals surface area (Å²) in [5, 5.41) is 0. The summed E-state index contributed by atoms with van der Waals surface area (Å²) in [5.41, 5.74) is 6.20. The minimum atomic E-state index is -0.668. The number of benzene rings is 1. The molecule has 0 fully saturated rings. The van der Waals surface area contributed by atoms with Gasteiger partial charge in [0.1, 0.15) is 11.6 Å². The van der Waals surface area contributed by atoms with Crippen LogP contribution in [0.3, 0.4) is 0 Å². The Morgan fingerprint density at radius 3 is 2.57 bits per heavy atom. The van der Waals surface area contributed by atoms with Gasteiger partial charge in [0.15, 0.2) is 5.69 Å². The van der Waals surface area contributed by atoms with Gasteiger partial charge >= 0.3 is 5.69 Å². The number of unbranched alkanes of at least 4 members (excludes halogenated alkanes) is 1. The van der Waals surface area contributed by atoms with Crippen molar-refractivity contribution >= 4 is 17.4 Å². The first-order valence-corrected chi connectivity index (χ1v) is 9.44. The first kappa shape index (κ1) is 21.3. The molecule has 2 rings (SSSR count). The number of anilines is 2. The lowest BCUT2D eigenvalue weighted by atomic mass is 10.1. The third-order valence-electron chi connectivity index (χ3n) is 4.57. The first-order chi connectivity index (χ1) is 13.3. The first-order valence-electron chi connectivity index (χ1n) is 9.44. The van der Waals surface area contributed by atoms with E-state index >= 15 is 0 Å². The van der Waals surface area contributed by atoms with Crippen LogP contribution in [0, 0.1) is 6.92 Å². The van der Waals surface area contributed by atoms with Gasteiger partial charge in [-0.2, -0.15) is 0 Å². The highest BCUT2D eigenvalue weighted by molar-refractivity contribution is 6.07. The molecule has 2 aromatic rings. The summed E-state index contributed by atoms with van der Waals surface area (Å²) in [5.74, 6) is 0.212. The maximum atomic E-state index is 13.3. The lowest BCUT2D eigenvalue weighted by Gasteiger charge is -2.24. The second kappa shape index (κ2) is 9.25. The minimum Gasteiger partial charge on any atom is -0.496 e. The van der Waals surface area contributed by atoms with Crippen molar-refractivity contribution in [1.29, 1.82) is 0 Å². The van der Waals surface area contributed by atoms with Crippen LogP contribution in [-0.2, 0) is 6.54 Å². The van der Waals surface area contributed by atoms with Crippen LogP contribution in [0.1, 0.15) is 49.0 Å². The van der Waals surface area contributed by atoms with Gasteiger partial charge in [-0.05, 0) is 37.5 Å². The number of aromatic amines is 1. The second-order valence-electron chi connectivity index (χ2n) is 6.64. The zero-order valence-corrected chi connectivity index (χ0v) is 16.9. The molecule has 0 spiro atoms. The number of carbonyl (C=O) groups is 1. The van der Waals surface area contributed by atoms with E-state index in [9.17, 15) is 14.4 Å². The van der Waals surface area contributed by atoms with Gasteiger partial charge in [0, 0.05) is 18.7 Å². The molecule has 0 saturated heterocycles. The Hall–Kier alpha value is -3.03. The van der Waals surface area contributed by atoms with Crippen molar-refractivity contribution in [3.63, 3.8) is 0 Å². The number of nitrogens with one attached hydrogen (secondary N) is 1. The number of hydrogen-bond acceptors (Lipinski definition) is 5. The summed E-state index contributed by atoms with van der Waals surface area (Å²) in [6, 6.07) is 5.12. The molecular weight excluding hydrogens is 360 g/mol. The van der Waals surface area contributed by atoms with Crippen molar-refractivity contribution in [2.24, 2.45) is 0 Å². The topological polar surface area (TPSA) is 110 Å². The lowest BCUT2D eigenvalue weighted by molar-refractivity contribution is 0.0986. The molecule has 1 aromatic carbocycles. The van der Waals surface area contributed by atoms with Crippen molar-refractivity contribution < 1.29 is 9.53 Å². The third kappa shape index (κ3) is 4.27. The summed E-state index contributed by atoms with van der Waals surface area (Å²) in [6.07, 6.45) is 2.17. The summed E-state index contributed by atoms with van der Waals surface area (Å²) >= 11 is 0. The Morgan fingerprint density at radius 2 is 1.96 bits per heavy atom. The second-order valence-corrected chi connectivity index (χ2v) is 6.64. The molecule has 3 N–H and O–H groups in total. The fraction of sp³-hybridized carbons (Fsp3) is 0.450. The molecular formula is C20H28N4O4. The number of nitrogen functional groups attached to an aromatic ring is 1. The number of hydrogen-bond donors (Lipinski definition) is 2. The third-order valence-corrected chi connectivity index (χ3v) is 4.57. The highest BCUT2D eigenvalue weighted by Crippen LogP contribution is 2.24. The van der Waals surface area contributed by atoms with Crippen LogP contribution in [0.2, 0.25) is 0 Å². The molecule has 0 aliphatic rings. The largest absolute Gasteiger partial charge is 0.496 e. The minimum absolute atomic E-state index is 0.000806. The van der Waals surface area contributed by atoms with Crippen LogP contribution in [0.15, 0.2) is 27.8 Å². The molecule has 0 unspecified atom stereocenters. The van der Waals surface area contributed by atoms with Crippen LogP contribution in [-0.4, -0.2) is 29.1 Å². The maximum Gasteiger partial charge on any atom is 0.330 e. The Morgan fingerprint density at radius 1 is 1.25 bits per heavy atom. The monoisotopic (exact) mass is 388 g/mol. The molecule has 0 atom stereocenters. The summed E-state index contributed by atoms with van der Waals surface area (Å²) in [7, 11) is 1.54. The van der Waals surface area contributed by atoms with Gasteiger partial charge in [0.25, 0.3) is 11.5 Å². The number of nitrogens with zero attached hydrogens (tertiary/aromatic N) is 2. The molecule has 8 nitrogen and oxygen atoms in total. The van der Waals surface area contributed by atoms with Gasteiger partial charge in [-0.25, -0.2) is 4.79 Å². The van der Waals surface area contributed by atoms with E-state index in [1.54, 1.807) is 18.2 Å². The average Bonchev–Trinajstić information content (AvgIpc) is 2.67. The number of methoxy groups -OCH3 is 1. The van der Waals surface area contributed by atoms with E-state index in [2.05, 4.69) is 4.98 Å². The van der Waals surface area contributed by atoms with Crippen LogP contribution >= 0.6 is 0 Å². The highest BCUT2D eigenvalue weighted by Gasteiger charge is 2.25. The predicted octanol–water partition coefficient (Wildman–Crippen LogP) is 2.29. The highest BCUT2D eigenvalue weighted by atomic mass is 16.5. The van der Waals surface area contributed by atoms with E-state index < -0.39 is 11.2 Å². The maximum absolute atomic E-state index is 13.3. The fourth-order valence-electron chi connectivity index (χ4n) is 3.02. The van der Waals surface area contributed by atoms with Crippen LogP contribution in [0.25, 0.3) is 0 Å². The van der Waals surface area contributed by atoms with Crippen molar-refractivity contribution in [3.05, 3.63) is 50.2 Å². The van der Waals surface area contributed by atoms with E-state index in [-0.39, 0.29) is 17.4 Å². The van der Waals surface area contributed by atoms with Crippen molar-refractivity contribution in [1.82, 2.24) is 9.55 Å². The number of ether oxygens (including phenoxy) is 1. The summed E-state index contributed by atoms with van der Waals surface area (Å²) in [6.45, 7) is 6.43. The molecule has 1 aromatic heterocycles. The van der Waals surface area contributed by atoms with E-state index in [0.29, 0.717) is 37.2 Å². The lowest BCUT2D eigenvalue weighted by Crippen LogP contribution is -2.41. The molecule has 152 valence electrons. The van der Waals surface area contributed by atoms with Gasteiger partial charge in [0.05, 0.1) is 7.11 Å². The molecule has 8 heteroatoms. The van der Waals surface area contributed by atoms with Gasteiger partial charge in [-0.3, -0.25) is 19.1 Å². The SMILES string of the molecule is CCCCN(C(=O)c1ccc(C)c(OC)c1)c1c(N)n(CCC)c(=O)[nH]c1=O. The van der Waals surface area contributed by atoms with Crippen LogP contribution in [0.5, 0.6) is 5.75 Å². The van der Waals surface area contributed by atoms with Gasteiger partial charge in [-0.15, -0.1) is 0 Å². The Bertz CT molecular complexity index is 962. The normalized spacial score (nSPS) is 10.7. The number of aromatic nitrogens is 2. The number of amides is 1. The Balaban J connectivity index is 2.61. The van der Waals surface area contributed by atoms with Crippen LogP contribution < -0.4 is 26.6 Å². The van der Waals surface area contributed by atoms with E-state index in [1.165, 1.54) is 16.6 Å². The molecule has 0 aliphatic carbocycles. The zero-order chi connectivity index (χ0) is 20.8. The number of H-pyrrole nitrogens is 1. The van der Waals surface area contributed by atoms with Gasteiger partial charge < -0.3 is 15.4 Å². The van der Waals surface area contributed by atoms with E-state index in [1.807, 2.05) is 20.8 Å². The Kier molecular flexibility index (Phi) is 7.03. The molecule has 0 saturated carbocycles. The van der Waals surface area contributed by atoms with E-state index in [0.717, 1.165) is 12.0 Å². The summed E-state index contributed by atoms with van der Waals surface area (Å²) in [4.78, 5) is 41.6. The number of rotatable bonds is 8. The van der Waals surface area contributed by atoms with Crippen molar-refractivity contribution in [2.75, 3.05) is 24.3 Å².